The fourth-order valence-corrected chi connectivity index (χ4v) is 2.82. The number of benzene rings is 1. The number of amides is 2. The van der Waals surface area contributed by atoms with E-state index in [-0.39, 0.29) is 24.1 Å². The summed E-state index contributed by atoms with van der Waals surface area (Å²) in [6.07, 6.45) is 1.61. The second-order valence-corrected chi connectivity index (χ2v) is 6.89. The topological polar surface area (TPSA) is 61.4 Å². The highest BCUT2D eigenvalue weighted by Crippen LogP contribution is 2.33. The third-order valence-corrected chi connectivity index (χ3v) is 4.24. The highest BCUT2D eigenvalue weighted by atomic mass is 16.3. The molecule has 1 aliphatic rings. The van der Waals surface area contributed by atoms with Crippen molar-refractivity contribution in [2.45, 2.75) is 45.6 Å². The Morgan fingerprint density at radius 3 is 2.71 bits per heavy atom. The van der Waals surface area contributed by atoms with Crippen molar-refractivity contribution in [3.63, 3.8) is 0 Å². The van der Waals surface area contributed by atoms with Crippen LogP contribution in [0.5, 0.6) is 0 Å². The van der Waals surface area contributed by atoms with Gasteiger partial charge in [0.25, 0.3) is 0 Å². The molecule has 0 bridgehead atoms. The SMILES string of the molecule is CC(C)(C)[C@H](CCO)NC(=O)NC[C@H]1Cc2ccccc21. The monoisotopic (exact) mass is 290 g/mol. The molecule has 2 atom stereocenters. The Hall–Kier alpha value is -1.55. The molecule has 0 fully saturated rings. The van der Waals surface area contributed by atoms with Gasteiger partial charge in [0, 0.05) is 25.1 Å². The van der Waals surface area contributed by atoms with Crippen molar-refractivity contribution in [3.8, 4) is 0 Å². The number of urea groups is 1. The molecule has 116 valence electrons. The van der Waals surface area contributed by atoms with Gasteiger partial charge in [0.15, 0.2) is 0 Å². The van der Waals surface area contributed by atoms with Gasteiger partial charge in [-0.3, -0.25) is 0 Å². The van der Waals surface area contributed by atoms with Gasteiger partial charge in [0.1, 0.15) is 0 Å². The van der Waals surface area contributed by atoms with Gasteiger partial charge in [-0.15, -0.1) is 0 Å². The fraction of sp³-hybridized carbons (Fsp3) is 0.588. The molecule has 0 saturated heterocycles. The van der Waals surface area contributed by atoms with Crippen LogP contribution in [0.15, 0.2) is 24.3 Å². The number of aliphatic hydroxyl groups excluding tert-OH is 1. The molecule has 3 N–H and O–H groups in total. The maximum Gasteiger partial charge on any atom is 0.315 e. The van der Waals surface area contributed by atoms with E-state index < -0.39 is 0 Å². The second-order valence-electron chi connectivity index (χ2n) is 6.89. The third kappa shape index (κ3) is 3.97. The first-order chi connectivity index (χ1) is 9.91. The number of hydrogen-bond acceptors (Lipinski definition) is 2. The second kappa shape index (κ2) is 6.48. The molecule has 0 radical (unpaired) electrons. The van der Waals surface area contributed by atoms with E-state index in [9.17, 15) is 4.79 Å². The minimum atomic E-state index is -0.146. The van der Waals surface area contributed by atoms with Gasteiger partial charge in [-0.2, -0.15) is 0 Å². The van der Waals surface area contributed by atoms with Gasteiger partial charge in [-0.1, -0.05) is 45.0 Å². The van der Waals surface area contributed by atoms with E-state index in [0.29, 0.717) is 18.9 Å². The number of hydrogen-bond donors (Lipinski definition) is 3. The summed E-state index contributed by atoms with van der Waals surface area (Å²) >= 11 is 0. The molecule has 0 unspecified atom stereocenters. The minimum Gasteiger partial charge on any atom is -0.396 e. The Kier molecular flexibility index (Phi) is 4.88. The minimum absolute atomic E-state index is 0.0313. The summed E-state index contributed by atoms with van der Waals surface area (Å²) in [4.78, 5) is 12.0. The molecule has 0 saturated carbocycles. The Bertz CT molecular complexity index is 494. The zero-order valence-corrected chi connectivity index (χ0v) is 13.1. The van der Waals surface area contributed by atoms with Crippen LogP contribution in [-0.4, -0.2) is 30.3 Å². The van der Waals surface area contributed by atoms with Crippen molar-refractivity contribution >= 4 is 6.03 Å². The van der Waals surface area contributed by atoms with Crippen molar-refractivity contribution in [3.05, 3.63) is 35.4 Å². The lowest BCUT2D eigenvalue weighted by atomic mass is 9.78. The van der Waals surface area contributed by atoms with E-state index in [4.69, 9.17) is 5.11 Å². The third-order valence-electron chi connectivity index (χ3n) is 4.24. The van der Waals surface area contributed by atoms with Gasteiger partial charge >= 0.3 is 6.03 Å². The maximum atomic E-state index is 12.0. The first kappa shape index (κ1) is 15.8. The molecule has 2 amide bonds. The Labute approximate surface area is 126 Å². The van der Waals surface area contributed by atoms with Crippen molar-refractivity contribution < 1.29 is 9.90 Å². The average Bonchev–Trinajstić information content (AvgIpc) is 2.38. The normalized spacial score (nSPS) is 18.4. The smallest absolute Gasteiger partial charge is 0.315 e. The molecule has 1 aromatic carbocycles. The Morgan fingerprint density at radius 2 is 2.10 bits per heavy atom. The lowest BCUT2D eigenvalue weighted by Crippen LogP contribution is -2.49. The van der Waals surface area contributed by atoms with Crippen molar-refractivity contribution in [2.24, 2.45) is 5.41 Å². The molecule has 0 aromatic heterocycles. The molecule has 0 spiro atoms. The van der Waals surface area contributed by atoms with Crippen LogP contribution in [-0.2, 0) is 6.42 Å². The Morgan fingerprint density at radius 1 is 1.38 bits per heavy atom. The van der Waals surface area contributed by atoms with Crippen molar-refractivity contribution in [2.75, 3.05) is 13.2 Å². The average molecular weight is 290 g/mol. The van der Waals surface area contributed by atoms with E-state index in [1.165, 1.54) is 11.1 Å². The highest BCUT2D eigenvalue weighted by molar-refractivity contribution is 5.74. The van der Waals surface area contributed by atoms with E-state index in [2.05, 4.69) is 49.6 Å². The molecular weight excluding hydrogens is 264 g/mol. The van der Waals surface area contributed by atoms with Crippen molar-refractivity contribution in [1.82, 2.24) is 10.6 Å². The van der Waals surface area contributed by atoms with E-state index in [1.54, 1.807) is 0 Å². The molecule has 1 aromatic rings. The summed E-state index contributed by atoms with van der Waals surface area (Å²) in [6.45, 7) is 6.94. The molecule has 1 aliphatic carbocycles. The van der Waals surface area contributed by atoms with Gasteiger partial charge in [-0.25, -0.2) is 4.79 Å². The quantitative estimate of drug-likeness (QED) is 0.780. The van der Waals surface area contributed by atoms with Gasteiger partial charge < -0.3 is 15.7 Å². The standard InChI is InChI=1S/C17H26N2O2/c1-17(2,3)15(8-9-20)19-16(21)18-11-13-10-12-6-4-5-7-14(12)13/h4-7,13,15,20H,8-11H2,1-3H3,(H2,18,19,21)/t13-,15+/m1/s1. The number of aliphatic hydroxyl groups is 1. The van der Waals surface area contributed by atoms with Crippen LogP contribution in [0.4, 0.5) is 4.79 Å². The summed E-state index contributed by atoms with van der Waals surface area (Å²) in [5.74, 6) is 0.429. The van der Waals surface area contributed by atoms with Gasteiger partial charge in [0.2, 0.25) is 0 Å². The van der Waals surface area contributed by atoms with Crippen LogP contribution in [0.1, 0.15) is 44.2 Å². The molecular formula is C17H26N2O2. The van der Waals surface area contributed by atoms with Gasteiger partial charge in [-0.05, 0) is 29.4 Å². The summed E-state index contributed by atoms with van der Waals surface area (Å²) in [7, 11) is 0. The predicted molar refractivity (Wildman–Crippen MR) is 84.4 cm³/mol. The van der Waals surface area contributed by atoms with Crippen molar-refractivity contribution in [1.29, 1.82) is 0 Å². The summed E-state index contributed by atoms with van der Waals surface area (Å²) in [5.41, 5.74) is 2.67. The fourth-order valence-electron chi connectivity index (χ4n) is 2.82. The summed E-state index contributed by atoms with van der Waals surface area (Å²) < 4.78 is 0. The first-order valence-corrected chi connectivity index (χ1v) is 7.65. The van der Waals surface area contributed by atoms with Crippen LogP contribution in [0.3, 0.4) is 0 Å². The molecule has 0 aliphatic heterocycles. The van der Waals surface area contributed by atoms with Gasteiger partial charge in [0.05, 0.1) is 0 Å². The van der Waals surface area contributed by atoms with Crippen LogP contribution >= 0.6 is 0 Å². The lowest BCUT2D eigenvalue weighted by Gasteiger charge is -2.33. The number of nitrogens with one attached hydrogen (secondary N) is 2. The summed E-state index contributed by atoms with van der Waals surface area (Å²) in [6, 6.07) is 8.19. The first-order valence-electron chi connectivity index (χ1n) is 7.65. The lowest BCUT2D eigenvalue weighted by molar-refractivity contribution is 0.189. The molecule has 21 heavy (non-hydrogen) atoms. The van der Waals surface area contributed by atoms with E-state index >= 15 is 0 Å². The molecule has 4 nitrogen and oxygen atoms in total. The van der Waals surface area contributed by atoms with Crippen LogP contribution in [0, 0.1) is 5.41 Å². The van der Waals surface area contributed by atoms with Crippen LogP contribution < -0.4 is 10.6 Å². The van der Waals surface area contributed by atoms with Crippen LogP contribution in [0.2, 0.25) is 0 Å². The molecule has 0 heterocycles. The van der Waals surface area contributed by atoms with E-state index in [1.807, 2.05) is 6.07 Å². The van der Waals surface area contributed by atoms with Crippen LogP contribution in [0.25, 0.3) is 0 Å². The number of carbonyl (C=O) groups excluding carboxylic acids is 1. The maximum absolute atomic E-state index is 12.0. The number of fused-ring (bicyclic) bond motifs is 1. The zero-order chi connectivity index (χ0) is 15.5. The van der Waals surface area contributed by atoms with E-state index in [0.717, 1.165) is 6.42 Å². The predicted octanol–water partition coefficient (Wildman–Crippen LogP) is 2.42. The highest BCUT2D eigenvalue weighted by Gasteiger charge is 2.28. The zero-order valence-electron chi connectivity index (χ0n) is 13.1. The molecule has 2 rings (SSSR count). The largest absolute Gasteiger partial charge is 0.396 e. The summed E-state index contributed by atoms with van der Waals surface area (Å²) in [5, 5.41) is 15.0. The number of carbonyl (C=O) groups is 1. The molecule has 4 heteroatoms. The number of rotatable bonds is 5. The Balaban J connectivity index is 1.80.